The number of pyridine rings is 1. The Bertz CT molecular complexity index is 879. The maximum Gasteiger partial charge on any atom is 0.237 e. The molecule has 2 atom stereocenters. The fraction of sp³-hybridized carbons (Fsp3) is 0.412. The summed E-state index contributed by atoms with van der Waals surface area (Å²) in [5, 5.41) is 11.4. The van der Waals surface area contributed by atoms with Gasteiger partial charge in [-0.1, -0.05) is 18.2 Å². The number of β-amino-alcohol motifs (C(OH)–C–C–N with tert-alkyl or cyclic N) is 1. The molecule has 1 aliphatic rings. The summed E-state index contributed by atoms with van der Waals surface area (Å²) in [6.45, 7) is 0.344. The van der Waals surface area contributed by atoms with Gasteiger partial charge in [0, 0.05) is 30.6 Å². The van der Waals surface area contributed by atoms with E-state index in [4.69, 9.17) is 0 Å². The molecule has 25 heavy (non-hydrogen) atoms. The first-order valence-corrected chi connectivity index (χ1v) is 9.96. The Hall–Kier alpha value is -2.03. The highest BCUT2D eigenvalue weighted by molar-refractivity contribution is 7.88. The van der Waals surface area contributed by atoms with Gasteiger partial charge in [0.15, 0.2) is 0 Å². The lowest BCUT2D eigenvalue weighted by atomic mass is 9.94. The number of carbonyl (C=O) groups is 1. The Labute approximate surface area is 146 Å². The maximum atomic E-state index is 12.1. The van der Waals surface area contributed by atoms with Gasteiger partial charge in [-0.3, -0.25) is 9.78 Å². The number of nitrogens with one attached hydrogen (secondary N) is 1. The van der Waals surface area contributed by atoms with Gasteiger partial charge in [0.2, 0.25) is 15.9 Å². The molecule has 0 spiro atoms. The Morgan fingerprint density at radius 3 is 2.84 bits per heavy atom. The molecule has 1 aromatic carbocycles. The van der Waals surface area contributed by atoms with Crippen LogP contribution in [0.3, 0.4) is 0 Å². The number of fused-ring (bicyclic) bond motifs is 1. The van der Waals surface area contributed by atoms with Crippen LogP contribution in [0.2, 0.25) is 0 Å². The van der Waals surface area contributed by atoms with Crippen LogP contribution in [0, 0.1) is 5.92 Å². The van der Waals surface area contributed by atoms with E-state index < -0.39 is 16.1 Å². The smallest absolute Gasteiger partial charge is 0.237 e. The van der Waals surface area contributed by atoms with Crippen molar-refractivity contribution in [3.63, 3.8) is 0 Å². The van der Waals surface area contributed by atoms with Crippen molar-refractivity contribution in [1.29, 1.82) is 0 Å². The van der Waals surface area contributed by atoms with E-state index in [0.29, 0.717) is 13.0 Å². The summed E-state index contributed by atoms with van der Waals surface area (Å²) in [5.74, 6) is -0.417. The van der Waals surface area contributed by atoms with Crippen LogP contribution in [0.4, 0.5) is 0 Å². The molecular formula is C17H21N3O4S. The van der Waals surface area contributed by atoms with Crippen molar-refractivity contribution in [2.75, 3.05) is 25.9 Å². The van der Waals surface area contributed by atoms with Crippen molar-refractivity contribution in [1.82, 2.24) is 14.6 Å². The molecule has 1 amide bonds. The molecule has 1 fully saturated rings. The summed E-state index contributed by atoms with van der Waals surface area (Å²) >= 11 is 0. The molecule has 0 radical (unpaired) electrons. The van der Waals surface area contributed by atoms with E-state index >= 15 is 0 Å². The van der Waals surface area contributed by atoms with Gasteiger partial charge in [-0.05, 0) is 24.1 Å². The van der Waals surface area contributed by atoms with Gasteiger partial charge >= 0.3 is 0 Å². The number of hydrogen-bond acceptors (Lipinski definition) is 5. The molecule has 1 aliphatic heterocycles. The summed E-state index contributed by atoms with van der Waals surface area (Å²) in [6, 6.07) is 9.75. The van der Waals surface area contributed by atoms with E-state index in [1.54, 1.807) is 6.20 Å². The minimum absolute atomic E-state index is 0.0898. The van der Waals surface area contributed by atoms with Gasteiger partial charge in [-0.2, -0.15) is 0 Å². The average Bonchev–Trinajstić information content (AvgIpc) is 2.93. The first-order chi connectivity index (χ1) is 11.8. The second-order valence-electron chi connectivity index (χ2n) is 6.41. The molecule has 0 bridgehead atoms. The topological polar surface area (TPSA) is 99.6 Å². The molecule has 7 nitrogen and oxygen atoms in total. The molecule has 2 N–H and O–H groups in total. The lowest BCUT2D eigenvalue weighted by Gasteiger charge is -2.16. The van der Waals surface area contributed by atoms with E-state index in [9.17, 15) is 18.3 Å². The van der Waals surface area contributed by atoms with Gasteiger partial charge in [0.1, 0.15) is 0 Å². The molecule has 2 aromatic rings. The summed E-state index contributed by atoms with van der Waals surface area (Å²) in [7, 11) is -3.42. The average molecular weight is 363 g/mol. The van der Waals surface area contributed by atoms with E-state index in [1.165, 1.54) is 4.90 Å². The monoisotopic (exact) mass is 363 g/mol. The number of aliphatic hydroxyl groups is 1. The van der Waals surface area contributed by atoms with E-state index in [1.807, 2.05) is 30.3 Å². The lowest BCUT2D eigenvalue weighted by molar-refractivity contribution is -0.129. The molecule has 3 rings (SSSR count). The van der Waals surface area contributed by atoms with Crippen LogP contribution in [0.5, 0.6) is 0 Å². The van der Waals surface area contributed by atoms with Crippen molar-refractivity contribution >= 4 is 26.8 Å². The number of carbonyl (C=O) groups excluding carboxylic acids is 1. The van der Waals surface area contributed by atoms with Crippen molar-refractivity contribution in [2.45, 2.75) is 12.5 Å². The Morgan fingerprint density at radius 1 is 1.32 bits per heavy atom. The Balaban J connectivity index is 1.68. The number of rotatable bonds is 5. The van der Waals surface area contributed by atoms with E-state index in [2.05, 4.69) is 9.71 Å². The Morgan fingerprint density at radius 2 is 2.08 bits per heavy atom. The SMILES string of the molecule is CS(=O)(=O)NCC(=O)N1C[C@@H](Cc2ccnc3ccccc23)[C@@H](O)C1. The molecular weight excluding hydrogens is 342 g/mol. The number of hydrogen-bond donors (Lipinski definition) is 2. The van der Waals surface area contributed by atoms with Gasteiger partial charge in [0.05, 0.1) is 24.4 Å². The second kappa shape index (κ2) is 7.07. The zero-order chi connectivity index (χ0) is 18.0. The number of aromatic nitrogens is 1. The fourth-order valence-corrected chi connectivity index (χ4v) is 3.56. The second-order valence-corrected chi connectivity index (χ2v) is 8.24. The summed E-state index contributed by atoms with van der Waals surface area (Å²) in [5.41, 5.74) is 1.98. The number of aliphatic hydroxyl groups excluding tert-OH is 1. The maximum absolute atomic E-state index is 12.1. The highest BCUT2D eigenvalue weighted by Gasteiger charge is 2.34. The zero-order valence-corrected chi connectivity index (χ0v) is 14.7. The molecule has 0 aliphatic carbocycles. The summed E-state index contributed by atoms with van der Waals surface area (Å²) in [4.78, 5) is 18.0. The third-order valence-corrected chi connectivity index (χ3v) is 5.13. The van der Waals surface area contributed by atoms with Crippen LogP contribution < -0.4 is 4.72 Å². The predicted octanol–water partition coefficient (Wildman–Crippen LogP) is 0.146. The normalized spacial score (nSPS) is 21.0. The van der Waals surface area contributed by atoms with Crippen molar-refractivity contribution in [2.24, 2.45) is 5.92 Å². The number of nitrogens with zero attached hydrogens (tertiary/aromatic N) is 2. The highest BCUT2D eigenvalue weighted by atomic mass is 32.2. The van der Waals surface area contributed by atoms with Crippen LogP contribution in [0.25, 0.3) is 10.9 Å². The van der Waals surface area contributed by atoms with Crippen LogP contribution in [0.15, 0.2) is 36.5 Å². The van der Waals surface area contributed by atoms with Crippen molar-refractivity contribution < 1.29 is 18.3 Å². The number of benzene rings is 1. The first kappa shape index (κ1) is 17.8. The molecule has 1 aromatic heterocycles. The molecule has 0 unspecified atom stereocenters. The largest absolute Gasteiger partial charge is 0.391 e. The van der Waals surface area contributed by atoms with Crippen LogP contribution >= 0.6 is 0 Å². The molecule has 8 heteroatoms. The third-order valence-electron chi connectivity index (χ3n) is 4.47. The molecule has 1 saturated heterocycles. The van der Waals surface area contributed by atoms with Gasteiger partial charge in [-0.25, -0.2) is 13.1 Å². The quantitative estimate of drug-likeness (QED) is 0.788. The minimum Gasteiger partial charge on any atom is -0.391 e. The van der Waals surface area contributed by atoms with Gasteiger partial charge in [0.25, 0.3) is 0 Å². The van der Waals surface area contributed by atoms with Gasteiger partial charge in [-0.15, -0.1) is 0 Å². The van der Waals surface area contributed by atoms with Crippen molar-refractivity contribution in [3.8, 4) is 0 Å². The summed E-state index contributed by atoms with van der Waals surface area (Å²) < 4.78 is 24.4. The number of likely N-dealkylation sites (tertiary alicyclic amines) is 1. The molecule has 2 heterocycles. The van der Waals surface area contributed by atoms with E-state index in [0.717, 1.165) is 22.7 Å². The minimum atomic E-state index is -3.42. The highest BCUT2D eigenvalue weighted by Crippen LogP contribution is 2.25. The first-order valence-electron chi connectivity index (χ1n) is 8.06. The van der Waals surface area contributed by atoms with Crippen molar-refractivity contribution in [3.05, 3.63) is 42.1 Å². The third kappa shape index (κ3) is 4.33. The Kier molecular flexibility index (Phi) is 5.03. The van der Waals surface area contributed by atoms with Gasteiger partial charge < -0.3 is 10.0 Å². The number of para-hydroxylation sites is 1. The van der Waals surface area contributed by atoms with Crippen LogP contribution in [-0.4, -0.2) is 61.3 Å². The van der Waals surface area contributed by atoms with E-state index in [-0.39, 0.29) is 24.9 Å². The molecule has 134 valence electrons. The number of sulfonamides is 1. The fourth-order valence-electron chi connectivity index (χ4n) is 3.18. The molecule has 0 saturated carbocycles. The number of amides is 1. The summed E-state index contributed by atoms with van der Waals surface area (Å²) in [6.07, 6.45) is 2.76. The predicted molar refractivity (Wildman–Crippen MR) is 94.4 cm³/mol. The zero-order valence-electron chi connectivity index (χ0n) is 13.9. The van der Waals surface area contributed by atoms with Crippen LogP contribution in [0.1, 0.15) is 5.56 Å². The lowest BCUT2D eigenvalue weighted by Crippen LogP contribution is -2.39. The standard InChI is InChI=1S/C17H21N3O4S/c1-25(23,24)19-9-17(22)20-10-13(16(21)11-20)8-12-6-7-18-15-5-3-2-4-14(12)15/h2-7,13,16,19,21H,8-11H2,1H3/t13-,16+/m1/s1. The van der Waals surface area contributed by atoms with Crippen LogP contribution in [-0.2, 0) is 21.2 Å².